The molecule has 1 aliphatic heterocycles. The maximum atomic E-state index is 12.6. The van der Waals surface area contributed by atoms with Crippen LogP contribution in [-0.2, 0) is 15.0 Å². The predicted octanol–water partition coefficient (Wildman–Crippen LogP) is -0.707. The Kier molecular flexibility index (Phi) is 3.27. The molecule has 1 unspecified atom stereocenters. The number of hydrogen-bond donors (Lipinski definition) is 2. The molecular weight excluding hydrogens is 277 g/mol. The molecule has 0 aliphatic carbocycles. The van der Waals surface area contributed by atoms with Crippen LogP contribution < -0.4 is 16.4 Å². The van der Waals surface area contributed by atoms with Gasteiger partial charge in [0.05, 0.1) is 5.75 Å². The fourth-order valence-electron chi connectivity index (χ4n) is 2.01. The Morgan fingerprint density at radius 3 is 2.68 bits per heavy atom. The molecule has 1 aromatic heterocycles. The van der Waals surface area contributed by atoms with Gasteiger partial charge in [-0.05, 0) is 0 Å². The zero-order valence-corrected chi connectivity index (χ0v) is 10.6. The SMILES string of the molecule is Nc1cc(N2CC(CS(=O)(=O)F)CC2=O)nc(N)n1. The van der Waals surface area contributed by atoms with Crippen LogP contribution in [-0.4, -0.2) is 36.6 Å². The number of aromatic nitrogens is 2. The normalized spacial score (nSPS) is 19.9. The third-order valence-electron chi connectivity index (χ3n) is 2.67. The zero-order chi connectivity index (χ0) is 14.2. The standard InChI is InChI=1S/C9H12FN5O3S/c10-19(17,18)4-5-1-8(16)15(3-5)7-2-6(11)13-9(12)14-7/h2,5H,1,3-4H2,(H4,11,12,13,14). The Balaban J connectivity index is 2.20. The number of carbonyl (C=O) groups excluding carboxylic acids is 1. The largest absolute Gasteiger partial charge is 0.383 e. The smallest absolute Gasteiger partial charge is 0.302 e. The van der Waals surface area contributed by atoms with Crippen LogP contribution in [0.3, 0.4) is 0 Å². The van der Waals surface area contributed by atoms with Crippen molar-refractivity contribution in [2.75, 3.05) is 28.7 Å². The van der Waals surface area contributed by atoms with Crippen molar-refractivity contribution in [3.05, 3.63) is 6.07 Å². The number of nitrogens with two attached hydrogens (primary N) is 2. The Hall–Kier alpha value is -1.97. The second-order valence-electron chi connectivity index (χ2n) is 4.29. The van der Waals surface area contributed by atoms with Crippen molar-refractivity contribution >= 4 is 33.7 Å². The van der Waals surface area contributed by atoms with Gasteiger partial charge < -0.3 is 11.5 Å². The van der Waals surface area contributed by atoms with Crippen molar-refractivity contribution in [1.82, 2.24) is 9.97 Å². The number of halogens is 1. The van der Waals surface area contributed by atoms with Gasteiger partial charge in [0, 0.05) is 24.9 Å². The maximum absolute atomic E-state index is 12.6. The van der Waals surface area contributed by atoms with Crippen molar-refractivity contribution in [2.45, 2.75) is 6.42 Å². The topological polar surface area (TPSA) is 132 Å². The molecule has 1 aliphatic rings. The highest BCUT2D eigenvalue weighted by Gasteiger charge is 2.34. The summed E-state index contributed by atoms with van der Waals surface area (Å²) >= 11 is 0. The quantitative estimate of drug-likeness (QED) is 0.702. The molecule has 0 aromatic carbocycles. The molecule has 10 heteroatoms. The Labute approximate surface area is 108 Å². The molecule has 1 fully saturated rings. The summed E-state index contributed by atoms with van der Waals surface area (Å²) in [5.74, 6) is -1.47. The van der Waals surface area contributed by atoms with Gasteiger partial charge in [0.1, 0.15) is 11.6 Å². The lowest BCUT2D eigenvalue weighted by molar-refractivity contribution is -0.117. The number of nitrogens with zero attached hydrogens (tertiary/aromatic N) is 3. The molecule has 0 spiro atoms. The molecule has 2 rings (SSSR count). The van der Waals surface area contributed by atoms with Crippen molar-refractivity contribution < 1.29 is 17.1 Å². The number of rotatable bonds is 3. The van der Waals surface area contributed by atoms with Gasteiger partial charge in [-0.3, -0.25) is 9.69 Å². The summed E-state index contributed by atoms with van der Waals surface area (Å²) in [6.07, 6.45) is -0.0625. The van der Waals surface area contributed by atoms with Crippen molar-refractivity contribution in [1.29, 1.82) is 0 Å². The third-order valence-corrected chi connectivity index (χ3v) is 3.54. The first-order valence-corrected chi connectivity index (χ1v) is 6.92. The number of nitrogen functional groups attached to an aromatic ring is 2. The minimum Gasteiger partial charge on any atom is -0.383 e. The van der Waals surface area contributed by atoms with E-state index in [0.29, 0.717) is 0 Å². The van der Waals surface area contributed by atoms with Crippen LogP contribution in [0.1, 0.15) is 6.42 Å². The molecule has 0 bridgehead atoms. The van der Waals surface area contributed by atoms with E-state index in [9.17, 15) is 17.1 Å². The molecular formula is C9H12FN5O3S. The summed E-state index contributed by atoms with van der Waals surface area (Å²) < 4.78 is 33.8. The first-order chi connectivity index (χ1) is 8.74. The number of carbonyl (C=O) groups is 1. The highest BCUT2D eigenvalue weighted by atomic mass is 32.3. The Bertz CT molecular complexity index is 600. The molecule has 1 saturated heterocycles. The average molecular weight is 289 g/mol. The lowest BCUT2D eigenvalue weighted by atomic mass is 10.1. The van der Waals surface area contributed by atoms with E-state index < -0.39 is 21.9 Å². The van der Waals surface area contributed by atoms with E-state index in [-0.39, 0.29) is 36.5 Å². The molecule has 0 saturated carbocycles. The zero-order valence-electron chi connectivity index (χ0n) is 9.78. The summed E-state index contributed by atoms with van der Waals surface area (Å²) in [5, 5.41) is 0. The molecule has 0 radical (unpaired) electrons. The molecule has 104 valence electrons. The average Bonchev–Trinajstić information content (AvgIpc) is 2.54. The first kappa shape index (κ1) is 13.5. The van der Waals surface area contributed by atoms with E-state index in [2.05, 4.69) is 9.97 Å². The van der Waals surface area contributed by atoms with Crippen molar-refractivity contribution in [2.24, 2.45) is 5.92 Å². The van der Waals surface area contributed by atoms with E-state index in [1.807, 2.05) is 0 Å². The fraction of sp³-hybridized carbons (Fsp3) is 0.444. The van der Waals surface area contributed by atoms with Crippen molar-refractivity contribution in [3.8, 4) is 0 Å². The number of anilines is 3. The minimum atomic E-state index is -4.61. The second kappa shape index (κ2) is 4.61. The van der Waals surface area contributed by atoms with Gasteiger partial charge in [0.2, 0.25) is 11.9 Å². The van der Waals surface area contributed by atoms with E-state index in [4.69, 9.17) is 11.5 Å². The van der Waals surface area contributed by atoms with Crippen LogP contribution in [0.2, 0.25) is 0 Å². The van der Waals surface area contributed by atoms with E-state index in [1.54, 1.807) is 0 Å². The van der Waals surface area contributed by atoms with Crippen LogP contribution in [0.25, 0.3) is 0 Å². The summed E-state index contributed by atoms with van der Waals surface area (Å²) in [4.78, 5) is 20.5. The van der Waals surface area contributed by atoms with Crippen LogP contribution in [0.4, 0.5) is 21.5 Å². The van der Waals surface area contributed by atoms with Gasteiger partial charge in [-0.25, -0.2) is 0 Å². The van der Waals surface area contributed by atoms with E-state index in [1.165, 1.54) is 11.0 Å². The first-order valence-electron chi connectivity index (χ1n) is 5.37. The Morgan fingerprint density at radius 2 is 2.11 bits per heavy atom. The van der Waals surface area contributed by atoms with Crippen LogP contribution in [0, 0.1) is 5.92 Å². The lowest BCUT2D eigenvalue weighted by Gasteiger charge is -2.15. The van der Waals surface area contributed by atoms with Gasteiger partial charge in [-0.15, -0.1) is 3.89 Å². The third kappa shape index (κ3) is 3.28. The summed E-state index contributed by atoms with van der Waals surface area (Å²) in [7, 11) is -4.61. The monoisotopic (exact) mass is 289 g/mol. The molecule has 1 aromatic rings. The minimum absolute atomic E-state index is 0.0534. The molecule has 2 heterocycles. The van der Waals surface area contributed by atoms with Crippen LogP contribution in [0.15, 0.2) is 6.07 Å². The van der Waals surface area contributed by atoms with Gasteiger partial charge in [-0.2, -0.15) is 18.4 Å². The van der Waals surface area contributed by atoms with Gasteiger partial charge in [0.15, 0.2) is 0 Å². The van der Waals surface area contributed by atoms with E-state index >= 15 is 0 Å². The molecule has 8 nitrogen and oxygen atoms in total. The van der Waals surface area contributed by atoms with Gasteiger partial charge >= 0.3 is 10.2 Å². The van der Waals surface area contributed by atoms with Gasteiger partial charge in [0.25, 0.3) is 0 Å². The lowest BCUT2D eigenvalue weighted by Crippen LogP contribution is -2.27. The van der Waals surface area contributed by atoms with Crippen LogP contribution >= 0.6 is 0 Å². The summed E-state index contributed by atoms with van der Waals surface area (Å²) in [6, 6.07) is 1.35. The van der Waals surface area contributed by atoms with E-state index in [0.717, 1.165) is 0 Å². The molecule has 1 amide bonds. The summed E-state index contributed by atoms with van der Waals surface area (Å²) in [6.45, 7) is 0.0534. The number of hydrogen-bond acceptors (Lipinski definition) is 7. The molecule has 1 atom stereocenters. The predicted molar refractivity (Wildman–Crippen MR) is 66.2 cm³/mol. The van der Waals surface area contributed by atoms with Gasteiger partial charge in [-0.1, -0.05) is 0 Å². The Morgan fingerprint density at radius 1 is 1.42 bits per heavy atom. The van der Waals surface area contributed by atoms with Crippen LogP contribution in [0.5, 0.6) is 0 Å². The highest BCUT2D eigenvalue weighted by molar-refractivity contribution is 7.86. The molecule has 4 N–H and O–H groups in total. The molecule has 19 heavy (non-hydrogen) atoms. The maximum Gasteiger partial charge on any atom is 0.302 e. The fourth-order valence-corrected chi connectivity index (χ4v) is 2.79. The second-order valence-corrected chi connectivity index (χ2v) is 5.70. The van der Waals surface area contributed by atoms with Crippen molar-refractivity contribution in [3.63, 3.8) is 0 Å². The summed E-state index contributed by atoms with van der Waals surface area (Å²) in [5.41, 5.74) is 10.9. The highest BCUT2D eigenvalue weighted by Crippen LogP contribution is 2.26. The number of amides is 1.